The van der Waals surface area contributed by atoms with Crippen LogP contribution in [0.15, 0.2) is 0 Å². The molecule has 0 aromatic heterocycles. The van der Waals surface area contributed by atoms with Crippen molar-refractivity contribution in [3.05, 3.63) is 0 Å². The summed E-state index contributed by atoms with van der Waals surface area (Å²) in [6.45, 7) is 11.8. The molecule has 7 nitrogen and oxygen atoms in total. The lowest BCUT2D eigenvalue weighted by atomic mass is 9.58. The van der Waals surface area contributed by atoms with Crippen molar-refractivity contribution < 1.29 is 34.4 Å². The van der Waals surface area contributed by atoms with Crippen molar-refractivity contribution in [1.29, 1.82) is 0 Å². The molecule has 2 aliphatic rings. The smallest absolute Gasteiger partial charge is 0.310 e. The van der Waals surface area contributed by atoms with Crippen molar-refractivity contribution in [1.82, 2.24) is 0 Å². The third-order valence-electron chi connectivity index (χ3n) is 6.98. The molecule has 3 N–H and O–H groups in total. The fourth-order valence-corrected chi connectivity index (χ4v) is 6.22. The van der Waals surface area contributed by atoms with Crippen LogP contribution in [0.1, 0.15) is 41.5 Å². The molecule has 7 heteroatoms. The van der Waals surface area contributed by atoms with Gasteiger partial charge in [0.15, 0.2) is 0 Å². The summed E-state index contributed by atoms with van der Waals surface area (Å²) >= 11 is 0. The predicted molar refractivity (Wildman–Crippen MR) is 106 cm³/mol. The van der Waals surface area contributed by atoms with E-state index in [0.717, 1.165) is 0 Å². The summed E-state index contributed by atoms with van der Waals surface area (Å²) in [6.07, 6.45) is -1.14. The van der Waals surface area contributed by atoms with Gasteiger partial charge in [-0.3, -0.25) is 9.59 Å². The number of hydrogen-bond donors (Lipinski definition) is 3. The molecule has 0 spiro atoms. The van der Waals surface area contributed by atoms with Gasteiger partial charge in [-0.05, 0) is 40.9 Å². The zero-order valence-corrected chi connectivity index (χ0v) is 18.5. The Bertz CT molecular complexity index is 582. The van der Waals surface area contributed by atoms with Crippen LogP contribution in [-0.4, -0.2) is 59.8 Å². The number of aliphatic hydroxyl groups is 3. The van der Waals surface area contributed by atoms with Gasteiger partial charge in [-0.25, -0.2) is 0 Å². The Hall–Kier alpha value is -1.18. The van der Waals surface area contributed by atoms with Gasteiger partial charge in [0.25, 0.3) is 0 Å². The van der Waals surface area contributed by atoms with Crippen LogP contribution in [0.4, 0.5) is 0 Å². The SMILES string of the molecule is CC(C)C1C2C(C)C(C(C(=O)OCCO)C2C(=O)OCC(O)CO)C1C(C)(C)C. The van der Waals surface area contributed by atoms with Crippen molar-refractivity contribution in [2.45, 2.75) is 47.6 Å². The van der Waals surface area contributed by atoms with E-state index in [4.69, 9.17) is 19.7 Å². The summed E-state index contributed by atoms with van der Waals surface area (Å²) in [4.78, 5) is 26.0. The van der Waals surface area contributed by atoms with Crippen LogP contribution in [0.3, 0.4) is 0 Å². The van der Waals surface area contributed by atoms with Gasteiger partial charge in [-0.2, -0.15) is 0 Å². The van der Waals surface area contributed by atoms with Crippen LogP contribution in [0, 0.1) is 52.8 Å². The molecule has 8 unspecified atom stereocenters. The van der Waals surface area contributed by atoms with Crippen LogP contribution < -0.4 is 0 Å². The summed E-state index contributed by atoms with van der Waals surface area (Å²) < 4.78 is 10.6. The summed E-state index contributed by atoms with van der Waals surface area (Å²) in [7, 11) is 0. The highest BCUT2D eigenvalue weighted by Crippen LogP contribution is 2.67. The van der Waals surface area contributed by atoms with Crippen LogP contribution in [-0.2, 0) is 19.1 Å². The topological polar surface area (TPSA) is 113 Å². The van der Waals surface area contributed by atoms with E-state index in [0.29, 0.717) is 5.92 Å². The second-order valence-electron chi connectivity index (χ2n) is 10.1. The molecule has 2 bridgehead atoms. The first-order valence-electron chi connectivity index (χ1n) is 10.7. The molecule has 29 heavy (non-hydrogen) atoms. The molecule has 0 aromatic carbocycles. The van der Waals surface area contributed by atoms with Gasteiger partial charge in [0.1, 0.15) is 19.3 Å². The maximum atomic E-state index is 13.0. The fraction of sp³-hybridized carbons (Fsp3) is 0.909. The zero-order valence-electron chi connectivity index (χ0n) is 18.5. The number of ether oxygens (including phenoxy) is 2. The average molecular weight is 415 g/mol. The number of esters is 2. The Morgan fingerprint density at radius 2 is 1.55 bits per heavy atom. The van der Waals surface area contributed by atoms with Gasteiger partial charge in [-0.15, -0.1) is 0 Å². The quantitative estimate of drug-likeness (QED) is 0.516. The van der Waals surface area contributed by atoms with Crippen LogP contribution in [0.5, 0.6) is 0 Å². The van der Waals surface area contributed by atoms with Crippen LogP contribution in [0.25, 0.3) is 0 Å². The Kier molecular flexibility index (Phi) is 7.74. The van der Waals surface area contributed by atoms with Crippen LogP contribution in [0.2, 0.25) is 0 Å². The molecule has 8 atom stereocenters. The largest absolute Gasteiger partial charge is 0.463 e. The summed E-state index contributed by atoms with van der Waals surface area (Å²) in [5.41, 5.74) is -0.0416. The normalized spacial score (nSPS) is 35.0. The highest BCUT2D eigenvalue weighted by molar-refractivity contribution is 5.84. The number of hydrogen-bond acceptors (Lipinski definition) is 7. The second kappa shape index (κ2) is 9.31. The minimum Gasteiger partial charge on any atom is -0.463 e. The first kappa shape index (κ1) is 24.1. The molecule has 0 aliphatic heterocycles. The van der Waals surface area contributed by atoms with E-state index in [-0.39, 0.29) is 54.8 Å². The first-order valence-corrected chi connectivity index (χ1v) is 10.7. The fourth-order valence-electron chi connectivity index (χ4n) is 6.22. The van der Waals surface area contributed by atoms with Crippen molar-refractivity contribution in [3.8, 4) is 0 Å². The molecular formula is C22H38O7. The molecule has 2 fully saturated rings. The first-order chi connectivity index (χ1) is 13.5. The standard InChI is InChI=1S/C22H38O7/c1-11(2)14-15-12(3)16(19(14)22(4,5)6)18(20(26)28-8-7-23)17(15)21(27)29-10-13(25)9-24/h11-19,23-25H,7-10H2,1-6H3. The zero-order chi connectivity index (χ0) is 22.1. The second-order valence-corrected chi connectivity index (χ2v) is 10.1. The van der Waals surface area contributed by atoms with E-state index < -0.39 is 36.5 Å². The molecule has 0 saturated heterocycles. The van der Waals surface area contributed by atoms with Crippen LogP contribution >= 0.6 is 0 Å². The highest BCUT2D eigenvalue weighted by atomic mass is 16.6. The van der Waals surface area contributed by atoms with Gasteiger partial charge in [-0.1, -0.05) is 41.5 Å². The van der Waals surface area contributed by atoms with E-state index in [9.17, 15) is 14.7 Å². The Balaban J connectivity index is 2.41. The Labute approximate surface area is 173 Å². The van der Waals surface area contributed by atoms with E-state index in [1.54, 1.807) is 0 Å². The molecule has 2 aliphatic carbocycles. The molecular weight excluding hydrogens is 376 g/mol. The van der Waals surface area contributed by atoms with Gasteiger partial charge < -0.3 is 24.8 Å². The number of fused-ring (bicyclic) bond motifs is 2. The third-order valence-corrected chi connectivity index (χ3v) is 6.98. The minimum atomic E-state index is -1.14. The molecule has 0 radical (unpaired) electrons. The van der Waals surface area contributed by atoms with E-state index in [1.165, 1.54) is 0 Å². The number of rotatable bonds is 8. The van der Waals surface area contributed by atoms with Crippen molar-refractivity contribution in [2.24, 2.45) is 52.8 Å². The molecule has 0 amide bonds. The minimum absolute atomic E-state index is 0.0149. The lowest BCUT2D eigenvalue weighted by Gasteiger charge is -2.46. The summed E-state index contributed by atoms with van der Waals surface area (Å²) in [5.74, 6) is -1.27. The summed E-state index contributed by atoms with van der Waals surface area (Å²) in [6, 6.07) is 0. The number of carbonyl (C=O) groups is 2. The van der Waals surface area contributed by atoms with Crippen molar-refractivity contribution in [3.63, 3.8) is 0 Å². The van der Waals surface area contributed by atoms with E-state index >= 15 is 0 Å². The number of carbonyl (C=O) groups excluding carboxylic acids is 2. The monoisotopic (exact) mass is 414 g/mol. The van der Waals surface area contributed by atoms with Gasteiger partial charge in [0, 0.05) is 0 Å². The average Bonchev–Trinajstić information content (AvgIpc) is 3.11. The molecule has 168 valence electrons. The van der Waals surface area contributed by atoms with E-state index in [1.807, 2.05) is 0 Å². The van der Waals surface area contributed by atoms with E-state index in [2.05, 4.69) is 41.5 Å². The Morgan fingerprint density at radius 3 is 2.03 bits per heavy atom. The van der Waals surface area contributed by atoms with Gasteiger partial charge in [0.2, 0.25) is 0 Å². The van der Waals surface area contributed by atoms with Gasteiger partial charge >= 0.3 is 11.9 Å². The molecule has 2 rings (SSSR count). The molecule has 0 heterocycles. The maximum absolute atomic E-state index is 13.0. The molecule has 0 aromatic rings. The molecule has 2 saturated carbocycles. The lowest BCUT2D eigenvalue weighted by molar-refractivity contribution is -0.171. The number of aliphatic hydroxyl groups excluding tert-OH is 3. The maximum Gasteiger partial charge on any atom is 0.310 e. The summed E-state index contributed by atoms with van der Waals surface area (Å²) in [5, 5.41) is 27.6. The predicted octanol–water partition coefficient (Wildman–Crippen LogP) is 1.48. The third kappa shape index (κ3) is 4.62. The van der Waals surface area contributed by atoms with Crippen molar-refractivity contribution >= 4 is 11.9 Å². The highest BCUT2D eigenvalue weighted by Gasteiger charge is 2.68. The lowest BCUT2D eigenvalue weighted by Crippen LogP contribution is -2.48. The van der Waals surface area contributed by atoms with Crippen molar-refractivity contribution in [2.75, 3.05) is 26.4 Å². The Morgan fingerprint density at radius 1 is 1.00 bits per heavy atom. The van der Waals surface area contributed by atoms with Gasteiger partial charge in [0.05, 0.1) is 25.0 Å².